The SMILES string of the molecule is CCOc1cc(N2CCOCC2)ccc1Nc1ncc(Br)c(Nc2ccccc2S(=O)(=O)NC2CCCC2)n1. The molecule has 0 atom stereocenters. The highest BCUT2D eigenvalue weighted by Gasteiger charge is 2.25. The van der Waals surface area contributed by atoms with E-state index in [9.17, 15) is 8.42 Å². The van der Waals surface area contributed by atoms with Gasteiger partial charge in [0.05, 0.1) is 35.7 Å². The standard InChI is InChI=1S/C27H33BrN6O4S/c1-2-38-24-17-20(34-13-15-37-16-14-34)11-12-22(24)31-27-29-18-21(28)26(32-27)30-23-9-5-6-10-25(23)39(35,36)33-19-7-3-4-8-19/h5-6,9-12,17-19,33H,2-4,7-8,13-16H2,1H3,(H2,29,30,31,32). The van der Waals surface area contributed by atoms with Crippen LogP contribution in [0, 0.1) is 0 Å². The molecule has 12 heteroatoms. The number of para-hydroxylation sites is 1. The average molecular weight is 618 g/mol. The van der Waals surface area contributed by atoms with Crippen molar-refractivity contribution in [2.24, 2.45) is 0 Å². The molecule has 2 fully saturated rings. The van der Waals surface area contributed by atoms with Crippen molar-refractivity contribution >= 4 is 54.8 Å². The number of anilines is 5. The molecule has 1 aliphatic carbocycles. The number of nitrogens with zero attached hydrogens (tertiary/aromatic N) is 3. The Kier molecular flexibility index (Phi) is 8.85. The molecule has 1 saturated heterocycles. The number of morpholine rings is 1. The lowest BCUT2D eigenvalue weighted by Crippen LogP contribution is -2.36. The van der Waals surface area contributed by atoms with Crippen LogP contribution in [0.15, 0.2) is 58.0 Å². The van der Waals surface area contributed by atoms with E-state index < -0.39 is 10.0 Å². The number of sulfonamides is 1. The minimum atomic E-state index is -3.71. The van der Waals surface area contributed by atoms with Crippen molar-refractivity contribution in [2.75, 3.05) is 48.4 Å². The summed E-state index contributed by atoms with van der Waals surface area (Å²) in [6, 6.07) is 12.8. The van der Waals surface area contributed by atoms with Crippen LogP contribution >= 0.6 is 15.9 Å². The molecule has 1 saturated carbocycles. The van der Waals surface area contributed by atoms with E-state index in [1.54, 1.807) is 30.5 Å². The van der Waals surface area contributed by atoms with Crippen LogP contribution < -0.4 is 25.0 Å². The van der Waals surface area contributed by atoms with Crippen LogP contribution in [0.2, 0.25) is 0 Å². The Morgan fingerprint density at radius 3 is 2.62 bits per heavy atom. The molecule has 0 unspecified atom stereocenters. The van der Waals surface area contributed by atoms with Gasteiger partial charge < -0.3 is 25.0 Å². The highest BCUT2D eigenvalue weighted by atomic mass is 79.9. The molecular formula is C27H33BrN6O4S. The molecule has 3 aromatic rings. The van der Waals surface area contributed by atoms with Crippen LogP contribution in [0.1, 0.15) is 32.6 Å². The van der Waals surface area contributed by atoms with Gasteiger partial charge in [-0.05, 0) is 60.0 Å². The van der Waals surface area contributed by atoms with E-state index in [0.29, 0.717) is 47.5 Å². The summed E-state index contributed by atoms with van der Waals surface area (Å²) in [6.07, 6.45) is 5.42. The Balaban J connectivity index is 1.37. The van der Waals surface area contributed by atoms with E-state index in [1.165, 1.54) is 0 Å². The lowest BCUT2D eigenvalue weighted by atomic mass is 10.2. The average Bonchev–Trinajstić information content (AvgIpc) is 3.45. The van der Waals surface area contributed by atoms with Gasteiger partial charge in [-0.3, -0.25) is 0 Å². The molecule has 1 aromatic heterocycles. The molecule has 1 aliphatic heterocycles. The predicted octanol–water partition coefficient (Wildman–Crippen LogP) is 5.18. The van der Waals surface area contributed by atoms with Crippen LogP contribution in [0.5, 0.6) is 5.75 Å². The van der Waals surface area contributed by atoms with Gasteiger partial charge >= 0.3 is 0 Å². The molecule has 0 radical (unpaired) electrons. The van der Waals surface area contributed by atoms with E-state index in [-0.39, 0.29) is 10.9 Å². The van der Waals surface area contributed by atoms with E-state index in [1.807, 2.05) is 25.1 Å². The molecule has 208 valence electrons. The van der Waals surface area contributed by atoms with Crippen LogP contribution in [-0.4, -0.2) is 57.3 Å². The summed E-state index contributed by atoms with van der Waals surface area (Å²) >= 11 is 3.49. The summed E-state index contributed by atoms with van der Waals surface area (Å²) in [4.78, 5) is 11.5. The Bertz CT molecular complexity index is 1390. The lowest BCUT2D eigenvalue weighted by molar-refractivity contribution is 0.122. The number of hydrogen-bond acceptors (Lipinski definition) is 9. The summed E-state index contributed by atoms with van der Waals surface area (Å²) in [5, 5.41) is 6.44. The van der Waals surface area contributed by atoms with E-state index in [2.05, 4.69) is 46.2 Å². The highest BCUT2D eigenvalue weighted by Crippen LogP contribution is 2.34. The first-order chi connectivity index (χ1) is 18.9. The second-order valence-electron chi connectivity index (χ2n) is 9.45. The van der Waals surface area contributed by atoms with E-state index in [4.69, 9.17) is 9.47 Å². The van der Waals surface area contributed by atoms with Crippen molar-refractivity contribution in [3.05, 3.63) is 53.1 Å². The Morgan fingerprint density at radius 2 is 1.85 bits per heavy atom. The Labute approximate surface area is 237 Å². The molecule has 0 spiro atoms. The molecule has 0 bridgehead atoms. The zero-order valence-electron chi connectivity index (χ0n) is 21.8. The molecule has 2 aromatic carbocycles. The first-order valence-electron chi connectivity index (χ1n) is 13.2. The molecule has 10 nitrogen and oxygen atoms in total. The number of nitrogens with one attached hydrogen (secondary N) is 3. The number of hydrogen-bond donors (Lipinski definition) is 3. The lowest BCUT2D eigenvalue weighted by Gasteiger charge is -2.29. The molecule has 0 amide bonds. The zero-order chi connectivity index (χ0) is 27.2. The second kappa shape index (κ2) is 12.5. The Morgan fingerprint density at radius 1 is 1.08 bits per heavy atom. The molecule has 5 rings (SSSR count). The monoisotopic (exact) mass is 616 g/mol. The van der Waals surface area contributed by atoms with Crippen LogP contribution in [0.25, 0.3) is 0 Å². The fraction of sp³-hybridized carbons (Fsp3) is 0.407. The van der Waals surface area contributed by atoms with E-state index >= 15 is 0 Å². The molecular weight excluding hydrogens is 584 g/mol. The predicted molar refractivity (Wildman–Crippen MR) is 156 cm³/mol. The molecule has 3 N–H and O–H groups in total. The number of ether oxygens (including phenoxy) is 2. The van der Waals surface area contributed by atoms with Crippen LogP contribution in [-0.2, 0) is 14.8 Å². The first-order valence-corrected chi connectivity index (χ1v) is 15.5. The molecule has 2 aliphatic rings. The fourth-order valence-electron chi connectivity index (χ4n) is 4.80. The van der Waals surface area contributed by atoms with Gasteiger partial charge in [-0.15, -0.1) is 0 Å². The number of halogens is 1. The smallest absolute Gasteiger partial charge is 0.242 e. The summed E-state index contributed by atoms with van der Waals surface area (Å²) in [6.45, 7) is 5.51. The normalized spacial score (nSPS) is 16.3. The van der Waals surface area contributed by atoms with Crippen molar-refractivity contribution in [1.29, 1.82) is 0 Å². The quantitative estimate of drug-likeness (QED) is 0.283. The van der Waals surface area contributed by atoms with Gasteiger partial charge in [0.1, 0.15) is 16.5 Å². The largest absolute Gasteiger partial charge is 0.492 e. The minimum absolute atomic E-state index is 0.0289. The van der Waals surface area contributed by atoms with Gasteiger partial charge in [0, 0.05) is 37.1 Å². The fourth-order valence-corrected chi connectivity index (χ4v) is 6.56. The van der Waals surface area contributed by atoms with Gasteiger partial charge in [0.15, 0.2) is 0 Å². The number of rotatable bonds is 10. The Hall–Kier alpha value is -2.93. The number of aromatic nitrogens is 2. The number of benzene rings is 2. The van der Waals surface area contributed by atoms with Gasteiger partial charge in [0.25, 0.3) is 0 Å². The van der Waals surface area contributed by atoms with Gasteiger partial charge in [-0.2, -0.15) is 4.98 Å². The molecule has 39 heavy (non-hydrogen) atoms. The van der Waals surface area contributed by atoms with E-state index in [0.717, 1.165) is 50.1 Å². The van der Waals surface area contributed by atoms with Crippen molar-refractivity contribution in [1.82, 2.24) is 14.7 Å². The summed E-state index contributed by atoms with van der Waals surface area (Å²) in [5.41, 5.74) is 2.22. The van der Waals surface area contributed by atoms with Gasteiger partial charge in [0.2, 0.25) is 16.0 Å². The van der Waals surface area contributed by atoms with Crippen molar-refractivity contribution in [2.45, 2.75) is 43.5 Å². The third-order valence-electron chi connectivity index (χ3n) is 6.74. The van der Waals surface area contributed by atoms with Crippen LogP contribution in [0.3, 0.4) is 0 Å². The van der Waals surface area contributed by atoms with Gasteiger partial charge in [-0.25, -0.2) is 18.1 Å². The van der Waals surface area contributed by atoms with Crippen molar-refractivity contribution in [3.63, 3.8) is 0 Å². The third kappa shape index (κ3) is 6.81. The van der Waals surface area contributed by atoms with Crippen molar-refractivity contribution < 1.29 is 17.9 Å². The topological polar surface area (TPSA) is 118 Å². The van der Waals surface area contributed by atoms with Crippen LogP contribution in [0.4, 0.5) is 28.8 Å². The van der Waals surface area contributed by atoms with Gasteiger partial charge in [-0.1, -0.05) is 25.0 Å². The molecule has 2 heterocycles. The maximum absolute atomic E-state index is 13.2. The summed E-state index contributed by atoms with van der Waals surface area (Å²) in [7, 11) is -3.71. The minimum Gasteiger partial charge on any atom is -0.492 e. The zero-order valence-corrected chi connectivity index (χ0v) is 24.2. The first kappa shape index (κ1) is 27.6. The highest BCUT2D eigenvalue weighted by molar-refractivity contribution is 9.10. The third-order valence-corrected chi connectivity index (χ3v) is 8.90. The maximum Gasteiger partial charge on any atom is 0.242 e. The van der Waals surface area contributed by atoms with Crippen molar-refractivity contribution in [3.8, 4) is 5.75 Å². The summed E-state index contributed by atoms with van der Waals surface area (Å²) in [5.74, 6) is 1.46. The second-order valence-corrected chi connectivity index (χ2v) is 12.0. The summed E-state index contributed by atoms with van der Waals surface area (Å²) < 4.78 is 41.2. The maximum atomic E-state index is 13.2.